The Hall–Kier alpha value is -2.25. The fourth-order valence-electron chi connectivity index (χ4n) is 1.45. The van der Waals surface area contributed by atoms with Gasteiger partial charge in [-0.3, -0.25) is 4.79 Å². The van der Waals surface area contributed by atoms with Crippen molar-refractivity contribution in [3.63, 3.8) is 0 Å². The first-order chi connectivity index (χ1) is 9.46. The monoisotopic (exact) mass is 303 g/mol. The van der Waals surface area contributed by atoms with Gasteiger partial charge >= 0.3 is 6.18 Å². The number of nitrogens with one attached hydrogen (secondary N) is 1. The van der Waals surface area contributed by atoms with Gasteiger partial charge in [-0.2, -0.15) is 13.2 Å². The van der Waals surface area contributed by atoms with Crippen LogP contribution in [0.5, 0.6) is 0 Å². The first kappa shape index (κ1) is 16.8. The van der Waals surface area contributed by atoms with E-state index < -0.39 is 34.5 Å². The van der Waals surface area contributed by atoms with Crippen molar-refractivity contribution < 1.29 is 23.2 Å². The Morgan fingerprint density at radius 1 is 1.29 bits per heavy atom. The van der Waals surface area contributed by atoms with Crippen LogP contribution in [0.25, 0.3) is 0 Å². The maximum Gasteiger partial charge on any atom is 0.417 e. The number of carbonyl (C=O) groups excluding carboxylic acids is 1. The number of rotatable bonds is 2. The lowest BCUT2D eigenvalue weighted by molar-refractivity contribution is -0.137. The first-order valence-electron chi connectivity index (χ1n) is 5.97. The highest BCUT2D eigenvalue weighted by molar-refractivity contribution is 6.00. The molecule has 5 nitrogen and oxygen atoms in total. The van der Waals surface area contributed by atoms with Crippen LogP contribution >= 0.6 is 0 Å². The van der Waals surface area contributed by atoms with Gasteiger partial charge in [0.25, 0.3) is 0 Å². The predicted octanol–water partition coefficient (Wildman–Crippen LogP) is 2.78. The maximum atomic E-state index is 13.0. The molecule has 116 valence electrons. The van der Waals surface area contributed by atoms with Gasteiger partial charge < -0.3 is 16.3 Å². The highest BCUT2D eigenvalue weighted by Gasteiger charge is 2.35. The van der Waals surface area contributed by atoms with Gasteiger partial charge in [0.2, 0.25) is 5.91 Å². The zero-order chi connectivity index (χ0) is 16.4. The number of amidine groups is 1. The van der Waals surface area contributed by atoms with E-state index in [0.29, 0.717) is 0 Å². The maximum absolute atomic E-state index is 13.0. The number of nitrogens with zero attached hydrogens (tertiary/aromatic N) is 1. The van der Waals surface area contributed by atoms with E-state index >= 15 is 0 Å². The van der Waals surface area contributed by atoms with Crippen molar-refractivity contribution in [3.05, 3.63) is 29.3 Å². The number of halogens is 3. The highest BCUT2D eigenvalue weighted by Crippen LogP contribution is 2.34. The quantitative estimate of drug-likeness (QED) is 0.340. The second kappa shape index (κ2) is 5.63. The van der Waals surface area contributed by atoms with E-state index in [-0.39, 0.29) is 5.69 Å². The summed E-state index contributed by atoms with van der Waals surface area (Å²) in [5.74, 6) is -1.08. The summed E-state index contributed by atoms with van der Waals surface area (Å²) in [4.78, 5) is 11.8. The molecule has 0 aliphatic rings. The minimum Gasteiger partial charge on any atom is -0.409 e. The number of nitrogens with two attached hydrogens (primary N) is 1. The van der Waals surface area contributed by atoms with Crippen LogP contribution in [0.4, 0.5) is 18.9 Å². The number of benzene rings is 1. The SMILES string of the molecule is CC(C)(C)C(=O)Nc1ccc(/C(N)=N/O)c(C(F)(F)F)c1. The van der Waals surface area contributed by atoms with Crippen molar-refractivity contribution in [1.82, 2.24) is 0 Å². The summed E-state index contributed by atoms with van der Waals surface area (Å²) in [5, 5.41) is 13.5. The molecule has 4 N–H and O–H groups in total. The second-order valence-corrected chi connectivity index (χ2v) is 5.45. The van der Waals surface area contributed by atoms with Gasteiger partial charge in [0.05, 0.1) is 5.56 Å². The fourth-order valence-corrected chi connectivity index (χ4v) is 1.45. The molecule has 0 heterocycles. The van der Waals surface area contributed by atoms with Crippen molar-refractivity contribution in [2.75, 3.05) is 5.32 Å². The smallest absolute Gasteiger partial charge is 0.409 e. The van der Waals surface area contributed by atoms with Gasteiger partial charge in [0.1, 0.15) is 0 Å². The van der Waals surface area contributed by atoms with E-state index in [0.717, 1.165) is 12.1 Å². The van der Waals surface area contributed by atoms with Crippen LogP contribution < -0.4 is 11.1 Å². The molecule has 0 saturated heterocycles. The zero-order valence-corrected chi connectivity index (χ0v) is 11.7. The van der Waals surface area contributed by atoms with Crippen molar-refractivity contribution >= 4 is 17.4 Å². The summed E-state index contributed by atoms with van der Waals surface area (Å²) in [7, 11) is 0. The van der Waals surface area contributed by atoms with E-state index in [2.05, 4.69) is 10.5 Å². The summed E-state index contributed by atoms with van der Waals surface area (Å²) in [6, 6.07) is 3.04. The van der Waals surface area contributed by atoms with Gasteiger partial charge in [0, 0.05) is 16.7 Å². The van der Waals surface area contributed by atoms with Crippen LogP contribution in [-0.4, -0.2) is 17.0 Å². The molecule has 0 radical (unpaired) electrons. The van der Waals surface area contributed by atoms with E-state index in [9.17, 15) is 18.0 Å². The normalized spacial score (nSPS) is 13.1. The Labute approximate surface area is 119 Å². The van der Waals surface area contributed by atoms with Crippen molar-refractivity contribution in [2.24, 2.45) is 16.3 Å². The molecule has 0 saturated carbocycles. The van der Waals surface area contributed by atoms with Crippen LogP contribution in [-0.2, 0) is 11.0 Å². The topological polar surface area (TPSA) is 87.7 Å². The Morgan fingerprint density at radius 2 is 1.86 bits per heavy atom. The number of hydrogen-bond donors (Lipinski definition) is 3. The van der Waals surface area contributed by atoms with Crippen molar-refractivity contribution in [1.29, 1.82) is 0 Å². The van der Waals surface area contributed by atoms with Gasteiger partial charge in [0.15, 0.2) is 5.84 Å². The van der Waals surface area contributed by atoms with Crippen LogP contribution in [0, 0.1) is 5.41 Å². The third-order valence-corrected chi connectivity index (χ3v) is 2.65. The molecule has 0 aromatic heterocycles. The lowest BCUT2D eigenvalue weighted by atomic mass is 9.95. The molecule has 0 fully saturated rings. The second-order valence-electron chi connectivity index (χ2n) is 5.45. The Kier molecular flexibility index (Phi) is 4.50. The number of oxime groups is 1. The minimum absolute atomic E-state index is 0.0169. The van der Waals surface area contributed by atoms with Crippen LogP contribution in [0.15, 0.2) is 23.4 Å². The third-order valence-electron chi connectivity index (χ3n) is 2.65. The molecule has 21 heavy (non-hydrogen) atoms. The number of amides is 1. The fraction of sp³-hybridized carbons (Fsp3) is 0.385. The average molecular weight is 303 g/mol. The average Bonchev–Trinajstić information content (AvgIpc) is 2.35. The van der Waals surface area contributed by atoms with E-state index in [1.54, 1.807) is 20.8 Å². The summed E-state index contributed by atoms with van der Waals surface area (Å²) in [6.45, 7) is 4.91. The molecule has 0 unspecified atom stereocenters. The lowest BCUT2D eigenvalue weighted by Gasteiger charge is -2.19. The zero-order valence-electron chi connectivity index (χ0n) is 11.7. The Morgan fingerprint density at radius 3 is 2.29 bits per heavy atom. The van der Waals surface area contributed by atoms with Crippen molar-refractivity contribution in [2.45, 2.75) is 26.9 Å². The predicted molar refractivity (Wildman–Crippen MR) is 72.0 cm³/mol. The molecule has 1 aromatic rings. The minimum atomic E-state index is -4.70. The number of anilines is 1. The molecule has 1 rings (SSSR count). The standard InChI is InChI=1S/C13H16F3N3O2/c1-12(2,3)11(20)18-7-4-5-8(10(17)19-21)9(6-7)13(14,15)16/h4-6,21H,1-3H3,(H2,17,19)(H,18,20). The lowest BCUT2D eigenvalue weighted by Crippen LogP contribution is -2.28. The number of hydrogen-bond acceptors (Lipinski definition) is 3. The van der Waals surface area contributed by atoms with Crippen LogP contribution in [0.1, 0.15) is 31.9 Å². The van der Waals surface area contributed by atoms with Crippen LogP contribution in [0.2, 0.25) is 0 Å². The van der Waals surface area contributed by atoms with E-state index in [1.807, 2.05) is 0 Å². The third kappa shape index (κ3) is 4.11. The molecule has 0 spiro atoms. The largest absolute Gasteiger partial charge is 0.417 e. The van der Waals surface area contributed by atoms with E-state index in [4.69, 9.17) is 10.9 Å². The van der Waals surface area contributed by atoms with Gasteiger partial charge in [-0.05, 0) is 18.2 Å². The van der Waals surface area contributed by atoms with Gasteiger partial charge in [-0.25, -0.2) is 0 Å². The summed E-state index contributed by atoms with van der Waals surface area (Å²) in [5.41, 5.74) is 2.91. The Bertz CT molecular complexity index is 575. The number of carbonyl (C=O) groups is 1. The van der Waals surface area contributed by atoms with Crippen LogP contribution in [0.3, 0.4) is 0 Å². The molecule has 0 bridgehead atoms. The molecule has 1 amide bonds. The molecule has 0 atom stereocenters. The molecular weight excluding hydrogens is 287 g/mol. The summed E-state index contributed by atoms with van der Waals surface area (Å²) in [6.07, 6.45) is -4.70. The summed E-state index contributed by atoms with van der Waals surface area (Å²) < 4.78 is 39.0. The molecule has 0 aliphatic heterocycles. The molecule has 0 aliphatic carbocycles. The molecule has 8 heteroatoms. The van der Waals surface area contributed by atoms with Gasteiger partial charge in [-0.1, -0.05) is 25.9 Å². The highest BCUT2D eigenvalue weighted by atomic mass is 19.4. The molecular formula is C13H16F3N3O2. The first-order valence-corrected chi connectivity index (χ1v) is 5.97. The number of alkyl halides is 3. The van der Waals surface area contributed by atoms with Gasteiger partial charge in [-0.15, -0.1) is 0 Å². The van der Waals surface area contributed by atoms with Crippen molar-refractivity contribution in [3.8, 4) is 0 Å². The molecule has 1 aromatic carbocycles. The Balaban J connectivity index is 3.27. The van der Waals surface area contributed by atoms with E-state index in [1.165, 1.54) is 6.07 Å². The summed E-state index contributed by atoms with van der Waals surface area (Å²) >= 11 is 0.